The van der Waals surface area contributed by atoms with Crippen molar-refractivity contribution in [2.45, 2.75) is 5.41 Å². The van der Waals surface area contributed by atoms with Gasteiger partial charge in [-0.1, -0.05) is 158 Å². The van der Waals surface area contributed by atoms with E-state index in [1.807, 2.05) is 0 Å². The number of furan rings is 1. The lowest BCUT2D eigenvalue weighted by atomic mass is 9.70. The fraction of sp³-hybridized carbons (Fsp3) is 0.0196. The van der Waals surface area contributed by atoms with Gasteiger partial charge in [0.05, 0.1) is 16.8 Å². The third kappa shape index (κ3) is 3.72. The molecule has 1 aromatic heterocycles. The Bertz CT molecular complexity index is 3080. The molecule has 0 bridgehead atoms. The average Bonchev–Trinajstić information content (AvgIpc) is 3.86. The summed E-state index contributed by atoms with van der Waals surface area (Å²) in [5.74, 6) is 0. The van der Waals surface area contributed by atoms with Gasteiger partial charge in [0.1, 0.15) is 5.58 Å². The number of anilines is 3. The van der Waals surface area contributed by atoms with Crippen LogP contribution in [0.25, 0.3) is 65.7 Å². The van der Waals surface area contributed by atoms with Crippen molar-refractivity contribution in [3.63, 3.8) is 0 Å². The van der Waals surface area contributed by atoms with Gasteiger partial charge in [0.25, 0.3) is 0 Å². The maximum absolute atomic E-state index is 6.97. The van der Waals surface area contributed by atoms with Gasteiger partial charge >= 0.3 is 0 Å². The molecule has 53 heavy (non-hydrogen) atoms. The van der Waals surface area contributed by atoms with Crippen LogP contribution in [0.3, 0.4) is 0 Å². The summed E-state index contributed by atoms with van der Waals surface area (Å²) in [4.78, 5) is 2.49. The summed E-state index contributed by atoms with van der Waals surface area (Å²) in [6, 6.07) is 69.0. The number of rotatable bonds is 3. The number of nitrogens with zero attached hydrogens (tertiary/aromatic N) is 1. The molecule has 2 heteroatoms. The SMILES string of the molecule is c1ccc2c(c1)-c1ccccc1C21c2ccccc2-c2cccc(N(c3ccc4ccccc4c3)c3cc4ccccc4c4c3oc3ccccc34)c21. The summed E-state index contributed by atoms with van der Waals surface area (Å²) >= 11 is 0. The summed E-state index contributed by atoms with van der Waals surface area (Å²) < 4.78 is 6.97. The van der Waals surface area contributed by atoms with Gasteiger partial charge in [-0.2, -0.15) is 0 Å². The number of fused-ring (bicyclic) bond motifs is 16. The molecule has 0 amide bonds. The van der Waals surface area contributed by atoms with Crippen LogP contribution in [0.15, 0.2) is 192 Å². The Labute approximate surface area is 306 Å². The summed E-state index contributed by atoms with van der Waals surface area (Å²) in [5.41, 5.74) is 14.9. The van der Waals surface area contributed by atoms with Crippen molar-refractivity contribution in [1.29, 1.82) is 0 Å². The van der Waals surface area contributed by atoms with E-state index in [-0.39, 0.29) is 0 Å². The minimum absolute atomic E-state index is 0.519. The van der Waals surface area contributed by atoms with Crippen LogP contribution in [0.5, 0.6) is 0 Å². The van der Waals surface area contributed by atoms with Gasteiger partial charge < -0.3 is 9.32 Å². The molecule has 0 saturated carbocycles. The van der Waals surface area contributed by atoms with Gasteiger partial charge in [0, 0.05) is 22.0 Å². The summed E-state index contributed by atoms with van der Waals surface area (Å²) in [6.07, 6.45) is 0. The van der Waals surface area contributed by atoms with Crippen molar-refractivity contribution in [3.8, 4) is 22.3 Å². The van der Waals surface area contributed by atoms with E-state index in [0.29, 0.717) is 0 Å². The van der Waals surface area contributed by atoms with Crippen molar-refractivity contribution >= 4 is 60.5 Å². The number of hydrogen-bond acceptors (Lipinski definition) is 2. The highest BCUT2D eigenvalue weighted by atomic mass is 16.3. The van der Waals surface area contributed by atoms with E-state index in [0.717, 1.165) is 39.0 Å². The number of hydrogen-bond donors (Lipinski definition) is 0. The quantitative estimate of drug-likeness (QED) is 0.186. The van der Waals surface area contributed by atoms with E-state index < -0.39 is 5.41 Å². The van der Waals surface area contributed by atoms with Crippen LogP contribution in [-0.2, 0) is 5.41 Å². The van der Waals surface area contributed by atoms with Gasteiger partial charge in [-0.05, 0) is 90.8 Å². The fourth-order valence-corrected chi connectivity index (χ4v) is 9.77. The third-order valence-corrected chi connectivity index (χ3v) is 11.8. The molecule has 0 N–H and O–H groups in total. The maximum Gasteiger partial charge on any atom is 0.160 e. The van der Waals surface area contributed by atoms with Crippen molar-refractivity contribution in [2.24, 2.45) is 0 Å². The predicted molar refractivity (Wildman–Crippen MR) is 220 cm³/mol. The van der Waals surface area contributed by atoms with E-state index in [1.165, 1.54) is 66.1 Å². The molecule has 0 atom stereocenters. The van der Waals surface area contributed by atoms with Gasteiger partial charge in [0.2, 0.25) is 0 Å². The van der Waals surface area contributed by atoms with Crippen LogP contribution in [0.1, 0.15) is 22.3 Å². The molecule has 9 aromatic carbocycles. The first-order chi connectivity index (χ1) is 26.3. The lowest BCUT2D eigenvalue weighted by Crippen LogP contribution is -2.28. The molecule has 12 rings (SSSR count). The van der Waals surface area contributed by atoms with Crippen molar-refractivity contribution in [2.75, 3.05) is 4.90 Å². The molecule has 1 heterocycles. The normalized spacial score (nSPS) is 13.4. The molecular weight excluding hydrogens is 643 g/mol. The Morgan fingerprint density at radius 2 is 0.962 bits per heavy atom. The van der Waals surface area contributed by atoms with Gasteiger partial charge in [-0.15, -0.1) is 0 Å². The van der Waals surface area contributed by atoms with Crippen LogP contribution >= 0.6 is 0 Å². The molecule has 0 unspecified atom stereocenters. The zero-order valence-electron chi connectivity index (χ0n) is 28.8. The molecular formula is C51H31NO. The van der Waals surface area contributed by atoms with Crippen LogP contribution in [0.4, 0.5) is 17.1 Å². The van der Waals surface area contributed by atoms with Crippen LogP contribution in [-0.4, -0.2) is 0 Å². The predicted octanol–water partition coefficient (Wildman–Crippen LogP) is 13.7. The second-order valence-corrected chi connectivity index (χ2v) is 14.4. The van der Waals surface area contributed by atoms with E-state index in [9.17, 15) is 0 Å². The molecule has 2 nitrogen and oxygen atoms in total. The molecule has 0 aliphatic heterocycles. The molecule has 246 valence electrons. The van der Waals surface area contributed by atoms with E-state index in [2.05, 4.69) is 193 Å². The molecule has 1 spiro atoms. The van der Waals surface area contributed by atoms with E-state index in [1.54, 1.807) is 0 Å². The van der Waals surface area contributed by atoms with Crippen molar-refractivity contribution < 1.29 is 4.42 Å². The van der Waals surface area contributed by atoms with Crippen LogP contribution < -0.4 is 4.90 Å². The first kappa shape index (κ1) is 28.8. The topological polar surface area (TPSA) is 16.4 Å². The zero-order valence-corrected chi connectivity index (χ0v) is 28.8. The lowest BCUT2D eigenvalue weighted by Gasteiger charge is -2.36. The second-order valence-electron chi connectivity index (χ2n) is 14.4. The monoisotopic (exact) mass is 673 g/mol. The zero-order chi connectivity index (χ0) is 34.7. The average molecular weight is 674 g/mol. The summed E-state index contributed by atoms with van der Waals surface area (Å²) in [6.45, 7) is 0. The second kappa shape index (κ2) is 10.6. The van der Waals surface area contributed by atoms with E-state index >= 15 is 0 Å². The van der Waals surface area contributed by atoms with Crippen LogP contribution in [0, 0.1) is 0 Å². The third-order valence-electron chi connectivity index (χ3n) is 11.8. The highest BCUT2D eigenvalue weighted by Crippen LogP contribution is 2.65. The van der Waals surface area contributed by atoms with Gasteiger partial charge in [-0.25, -0.2) is 0 Å². The largest absolute Gasteiger partial charge is 0.454 e. The number of para-hydroxylation sites is 1. The molecule has 0 fully saturated rings. The Hall–Kier alpha value is -6.90. The summed E-state index contributed by atoms with van der Waals surface area (Å²) in [7, 11) is 0. The molecule has 0 saturated heterocycles. The minimum atomic E-state index is -0.519. The fourth-order valence-electron chi connectivity index (χ4n) is 9.77. The Balaban J connectivity index is 1.27. The van der Waals surface area contributed by atoms with Gasteiger partial charge in [-0.3, -0.25) is 0 Å². The van der Waals surface area contributed by atoms with Gasteiger partial charge in [0.15, 0.2) is 5.58 Å². The Morgan fingerprint density at radius 3 is 1.70 bits per heavy atom. The lowest BCUT2D eigenvalue weighted by molar-refractivity contribution is 0.669. The highest BCUT2D eigenvalue weighted by Gasteiger charge is 2.53. The van der Waals surface area contributed by atoms with E-state index in [4.69, 9.17) is 4.42 Å². The highest BCUT2D eigenvalue weighted by molar-refractivity contribution is 6.23. The van der Waals surface area contributed by atoms with Crippen molar-refractivity contribution in [1.82, 2.24) is 0 Å². The molecule has 2 aliphatic carbocycles. The number of benzene rings is 9. The standard InChI is InChI=1S/C51H31NO/c1-2-15-33-30-35(29-28-32(33)14-1)52(46-31-34-16-3-4-17-36(34)48-41-21-8-12-27-47(41)53-50(46)48)45-26-13-22-40-39-20-7-11-25-44(39)51(49(40)45)42-23-9-5-18-37(42)38-19-6-10-24-43(38)51/h1-31H. The summed E-state index contributed by atoms with van der Waals surface area (Å²) in [5, 5.41) is 7.04. The first-order valence-electron chi connectivity index (χ1n) is 18.4. The Kier molecular flexibility index (Phi) is 5.73. The first-order valence-corrected chi connectivity index (χ1v) is 18.4. The molecule has 0 radical (unpaired) electrons. The maximum atomic E-state index is 6.97. The smallest absolute Gasteiger partial charge is 0.160 e. The minimum Gasteiger partial charge on any atom is -0.454 e. The van der Waals surface area contributed by atoms with Crippen molar-refractivity contribution in [3.05, 3.63) is 210 Å². The Morgan fingerprint density at radius 1 is 0.396 bits per heavy atom. The van der Waals surface area contributed by atoms with Crippen LogP contribution in [0.2, 0.25) is 0 Å². The molecule has 2 aliphatic rings. The molecule has 10 aromatic rings.